The molecule has 0 aliphatic heterocycles. The Labute approximate surface area is 189 Å². The Morgan fingerprint density at radius 1 is 1.00 bits per heavy atom. The topological polar surface area (TPSA) is 77.0 Å². The van der Waals surface area contributed by atoms with E-state index < -0.39 is 5.97 Å². The minimum Gasteiger partial charge on any atom is -0.483 e. The standard InChI is InChI=1S/C24H21BrN2O4/c1-16-7-5-8-17(2)23(16)30-15-22(28)27-26-14-18-9-6-10-19(13-18)31-24(29)20-11-3-4-12-21(20)25/h3-14H,15H2,1-2H3,(H,27,28). The van der Waals surface area contributed by atoms with Gasteiger partial charge in [-0.2, -0.15) is 5.10 Å². The number of hydrazone groups is 1. The number of benzene rings is 3. The summed E-state index contributed by atoms with van der Waals surface area (Å²) in [5, 5.41) is 3.94. The molecule has 0 heterocycles. The Bertz CT molecular complexity index is 1110. The fraction of sp³-hybridized carbons (Fsp3) is 0.125. The molecule has 158 valence electrons. The van der Waals surface area contributed by atoms with E-state index in [-0.39, 0.29) is 12.5 Å². The summed E-state index contributed by atoms with van der Waals surface area (Å²) in [5.41, 5.74) is 5.44. The Morgan fingerprint density at radius 3 is 2.45 bits per heavy atom. The van der Waals surface area contributed by atoms with Gasteiger partial charge in [0.25, 0.3) is 5.91 Å². The highest BCUT2D eigenvalue weighted by Crippen LogP contribution is 2.22. The maximum atomic E-state index is 12.3. The summed E-state index contributed by atoms with van der Waals surface area (Å²) in [6.45, 7) is 3.70. The van der Waals surface area contributed by atoms with Gasteiger partial charge in [-0.3, -0.25) is 4.79 Å². The fourth-order valence-electron chi connectivity index (χ4n) is 2.82. The first-order valence-corrected chi connectivity index (χ1v) is 10.3. The molecule has 3 rings (SSSR count). The van der Waals surface area contributed by atoms with Crippen LogP contribution in [-0.4, -0.2) is 24.7 Å². The third-order valence-electron chi connectivity index (χ3n) is 4.32. The third-order valence-corrected chi connectivity index (χ3v) is 5.01. The van der Waals surface area contributed by atoms with Crippen LogP contribution >= 0.6 is 15.9 Å². The second-order valence-corrected chi connectivity index (χ2v) is 7.60. The Balaban J connectivity index is 1.55. The molecule has 6 nitrogen and oxygen atoms in total. The summed E-state index contributed by atoms with van der Waals surface area (Å²) in [6, 6.07) is 19.6. The van der Waals surface area contributed by atoms with E-state index in [1.54, 1.807) is 42.5 Å². The number of nitrogens with one attached hydrogen (secondary N) is 1. The number of para-hydroxylation sites is 1. The van der Waals surface area contributed by atoms with Gasteiger partial charge in [0.15, 0.2) is 6.61 Å². The fourth-order valence-corrected chi connectivity index (χ4v) is 3.27. The lowest BCUT2D eigenvalue weighted by Crippen LogP contribution is -2.25. The zero-order valence-electron chi connectivity index (χ0n) is 17.1. The van der Waals surface area contributed by atoms with Gasteiger partial charge in [0.2, 0.25) is 0 Å². The molecule has 3 aromatic rings. The monoisotopic (exact) mass is 480 g/mol. The number of carbonyl (C=O) groups excluding carboxylic acids is 2. The number of amides is 1. The molecular formula is C24H21BrN2O4. The van der Waals surface area contributed by atoms with Crippen LogP contribution in [-0.2, 0) is 4.79 Å². The van der Waals surface area contributed by atoms with Crippen LogP contribution in [0, 0.1) is 13.8 Å². The third kappa shape index (κ3) is 6.26. The molecule has 0 bridgehead atoms. The van der Waals surface area contributed by atoms with E-state index in [4.69, 9.17) is 9.47 Å². The lowest BCUT2D eigenvalue weighted by atomic mass is 10.1. The minimum atomic E-state index is -0.474. The molecule has 0 fully saturated rings. The van der Waals surface area contributed by atoms with Crippen molar-refractivity contribution in [2.24, 2.45) is 5.10 Å². The van der Waals surface area contributed by atoms with Gasteiger partial charge in [-0.15, -0.1) is 0 Å². The number of ether oxygens (including phenoxy) is 2. The SMILES string of the molecule is Cc1cccc(C)c1OCC(=O)NN=Cc1cccc(OC(=O)c2ccccc2Br)c1. The van der Waals surface area contributed by atoms with Crippen LogP contribution in [0.4, 0.5) is 0 Å². The van der Waals surface area contributed by atoms with Crippen molar-refractivity contribution in [2.45, 2.75) is 13.8 Å². The van der Waals surface area contributed by atoms with Crippen molar-refractivity contribution in [1.29, 1.82) is 0 Å². The molecule has 0 aliphatic carbocycles. The number of halogens is 1. The molecule has 0 aromatic heterocycles. The average molecular weight is 481 g/mol. The van der Waals surface area contributed by atoms with E-state index in [1.165, 1.54) is 6.21 Å². The quantitative estimate of drug-likeness (QED) is 0.227. The number of carbonyl (C=O) groups is 2. The Morgan fingerprint density at radius 2 is 1.71 bits per heavy atom. The predicted octanol–water partition coefficient (Wildman–Crippen LogP) is 4.81. The van der Waals surface area contributed by atoms with Gasteiger partial charge in [0.05, 0.1) is 11.8 Å². The molecule has 0 aliphatic rings. The number of hydrogen-bond acceptors (Lipinski definition) is 5. The Kier molecular flexibility index (Phi) is 7.56. The molecular weight excluding hydrogens is 460 g/mol. The molecule has 31 heavy (non-hydrogen) atoms. The van der Waals surface area contributed by atoms with Crippen molar-refractivity contribution >= 4 is 34.0 Å². The van der Waals surface area contributed by atoms with Crippen molar-refractivity contribution in [2.75, 3.05) is 6.61 Å². The first-order valence-electron chi connectivity index (χ1n) is 9.52. The highest BCUT2D eigenvalue weighted by atomic mass is 79.9. The first-order chi connectivity index (χ1) is 14.9. The number of rotatable bonds is 7. The van der Waals surface area contributed by atoms with Gasteiger partial charge < -0.3 is 9.47 Å². The van der Waals surface area contributed by atoms with Gasteiger partial charge in [0.1, 0.15) is 11.5 Å². The van der Waals surface area contributed by atoms with E-state index in [0.717, 1.165) is 11.1 Å². The molecule has 0 atom stereocenters. The van der Waals surface area contributed by atoms with Gasteiger partial charge in [0, 0.05) is 4.47 Å². The first kappa shape index (κ1) is 22.2. The maximum absolute atomic E-state index is 12.3. The maximum Gasteiger partial charge on any atom is 0.344 e. The van der Waals surface area contributed by atoms with Gasteiger partial charge in [-0.1, -0.05) is 42.5 Å². The number of esters is 1. The normalized spacial score (nSPS) is 10.7. The second kappa shape index (κ2) is 10.5. The number of hydrogen-bond donors (Lipinski definition) is 1. The van der Waals surface area contributed by atoms with Gasteiger partial charge in [-0.25, -0.2) is 10.2 Å². The molecule has 0 unspecified atom stereocenters. The van der Waals surface area contributed by atoms with Crippen LogP contribution in [0.25, 0.3) is 0 Å². The molecule has 1 amide bonds. The molecule has 3 aromatic carbocycles. The second-order valence-electron chi connectivity index (χ2n) is 6.74. The summed E-state index contributed by atoms with van der Waals surface area (Å²) in [5.74, 6) is 0.213. The average Bonchev–Trinajstić information content (AvgIpc) is 2.74. The van der Waals surface area contributed by atoms with Crippen molar-refractivity contribution in [3.63, 3.8) is 0 Å². The lowest BCUT2D eigenvalue weighted by molar-refractivity contribution is -0.123. The molecule has 0 saturated carbocycles. The van der Waals surface area contributed by atoms with E-state index >= 15 is 0 Å². The van der Waals surface area contributed by atoms with Crippen LogP contribution < -0.4 is 14.9 Å². The van der Waals surface area contributed by atoms with Crippen LogP contribution in [0.15, 0.2) is 76.3 Å². The number of nitrogens with zero attached hydrogens (tertiary/aromatic N) is 1. The van der Waals surface area contributed by atoms with Crippen molar-refractivity contribution in [1.82, 2.24) is 5.43 Å². The van der Waals surface area contributed by atoms with E-state index in [9.17, 15) is 9.59 Å². The summed E-state index contributed by atoms with van der Waals surface area (Å²) in [4.78, 5) is 24.3. The summed E-state index contributed by atoms with van der Waals surface area (Å²) in [6.07, 6.45) is 1.46. The number of aryl methyl sites for hydroxylation is 2. The molecule has 0 radical (unpaired) electrons. The summed E-state index contributed by atoms with van der Waals surface area (Å²) >= 11 is 3.34. The van der Waals surface area contributed by atoms with E-state index in [0.29, 0.717) is 27.1 Å². The van der Waals surface area contributed by atoms with Gasteiger partial charge in [-0.05, 0) is 70.7 Å². The lowest BCUT2D eigenvalue weighted by Gasteiger charge is -2.10. The van der Waals surface area contributed by atoms with Crippen molar-refractivity contribution in [3.8, 4) is 11.5 Å². The highest BCUT2D eigenvalue weighted by molar-refractivity contribution is 9.10. The van der Waals surface area contributed by atoms with Crippen molar-refractivity contribution in [3.05, 3.63) is 93.5 Å². The minimum absolute atomic E-state index is 0.146. The van der Waals surface area contributed by atoms with Crippen LogP contribution in [0.5, 0.6) is 11.5 Å². The smallest absolute Gasteiger partial charge is 0.344 e. The van der Waals surface area contributed by atoms with Crippen LogP contribution in [0.1, 0.15) is 27.0 Å². The molecule has 0 spiro atoms. The summed E-state index contributed by atoms with van der Waals surface area (Å²) < 4.78 is 11.7. The molecule has 1 N–H and O–H groups in total. The Hall–Kier alpha value is -3.45. The zero-order valence-corrected chi connectivity index (χ0v) is 18.7. The van der Waals surface area contributed by atoms with Crippen molar-refractivity contribution < 1.29 is 19.1 Å². The van der Waals surface area contributed by atoms with Crippen LogP contribution in [0.2, 0.25) is 0 Å². The molecule has 0 saturated heterocycles. The van der Waals surface area contributed by atoms with E-state index in [2.05, 4.69) is 26.5 Å². The van der Waals surface area contributed by atoms with E-state index in [1.807, 2.05) is 38.1 Å². The highest BCUT2D eigenvalue weighted by Gasteiger charge is 2.12. The molecule has 7 heteroatoms. The summed E-state index contributed by atoms with van der Waals surface area (Å²) in [7, 11) is 0. The predicted molar refractivity (Wildman–Crippen MR) is 123 cm³/mol. The van der Waals surface area contributed by atoms with Crippen LogP contribution in [0.3, 0.4) is 0 Å². The zero-order chi connectivity index (χ0) is 22.2. The van der Waals surface area contributed by atoms with Gasteiger partial charge >= 0.3 is 5.97 Å². The largest absolute Gasteiger partial charge is 0.483 e.